The molecule has 5 rings (SSSR count). The minimum atomic E-state index is -3.82. The number of rotatable bonds is 5. The third-order valence-electron chi connectivity index (χ3n) is 5.87. The number of aromatic amines is 1. The van der Waals surface area contributed by atoms with E-state index in [0.29, 0.717) is 18.8 Å². The number of hydrogen-bond donors (Lipinski definition) is 2. The Labute approximate surface area is 202 Å². The van der Waals surface area contributed by atoms with E-state index in [9.17, 15) is 8.42 Å². The summed E-state index contributed by atoms with van der Waals surface area (Å²) in [4.78, 5) is 13.2. The molecule has 0 saturated carbocycles. The van der Waals surface area contributed by atoms with Gasteiger partial charge < -0.3 is 4.98 Å². The van der Waals surface area contributed by atoms with Crippen molar-refractivity contribution in [1.29, 1.82) is 0 Å². The normalized spacial score (nSPS) is 15.3. The SMILES string of the molecule is CC(C)(C)c1nc(-c2cccc(NS(=O)(=O)N3CCCC3)c2F)c(-c2ccnc3[nH]ccc23)s1. The summed E-state index contributed by atoms with van der Waals surface area (Å²) in [5.41, 5.74) is 2.06. The fourth-order valence-corrected chi connectivity index (χ4v) is 6.57. The van der Waals surface area contributed by atoms with Gasteiger partial charge in [-0.15, -0.1) is 11.3 Å². The van der Waals surface area contributed by atoms with Crippen molar-refractivity contribution in [2.45, 2.75) is 39.0 Å². The number of fused-ring (bicyclic) bond motifs is 1. The average molecular weight is 500 g/mol. The minimum absolute atomic E-state index is 0.0813. The highest BCUT2D eigenvalue weighted by atomic mass is 32.2. The van der Waals surface area contributed by atoms with Gasteiger partial charge in [0.2, 0.25) is 0 Å². The van der Waals surface area contributed by atoms with Crippen LogP contribution >= 0.6 is 11.3 Å². The van der Waals surface area contributed by atoms with Crippen LogP contribution in [0.5, 0.6) is 0 Å². The lowest BCUT2D eigenvalue weighted by Gasteiger charge is -2.18. The van der Waals surface area contributed by atoms with Crippen molar-refractivity contribution in [3.63, 3.8) is 0 Å². The Kier molecular flexibility index (Phi) is 5.70. The van der Waals surface area contributed by atoms with Gasteiger partial charge in [-0.3, -0.25) is 4.72 Å². The van der Waals surface area contributed by atoms with Gasteiger partial charge in [-0.05, 0) is 37.1 Å². The van der Waals surface area contributed by atoms with E-state index in [2.05, 4.69) is 35.5 Å². The van der Waals surface area contributed by atoms with Crippen molar-refractivity contribution in [2.75, 3.05) is 17.8 Å². The van der Waals surface area contributed by atoms with Crippen LogP contribution in [0.1, 0.15) is 38.6 Å². The zero-order valence-corrected chi connectivity index (χ0v) is 20.9. The number of thiazole rings is 1. The molecule has 34 heavy (non-hydrogen) atoms. The molecule has 0 atom stereocenters. The fourth-order valence-electron chi connectivity index (χ4n) is 4.09. The monoisotopic (exact) mass is 499 g/mol. The first-order valence-electron chi connectivity index (χ1n) is 11.2. The van der Waals surface area contributed by atoms with Crippen LogP contribution in [0.4, 0.5) is 10.1 Å². The van der Waals surface area contributed by atoms with Gasteiger partial charge in [-0.1, -0.05) is 26.8 Å². The van der Waals surface area contributed by atoms with Crippen molar-refractivity contribution < 1.29 is 12.8 Å². The smallest absolute Gasteiger partial charge is 0.301 e. The molecule has 0 bridgehead atoms. The Balaban J connectivity index is 1.65. The van der Waals surface area contributed by atoms with Gasteiger partial charge in [0, 0.05) is 47.4 Å². The highest BCUT2D eigenvalue weighted by Gasteiger charge is 2.29. The molecule has 7 nitrogen and oxygen atoms in total. The Hall–Kier alpha value is -2.82. The lowest BCUT2D eigenvalue weighted by atomic mass is 9.98. The van der Waals surface area contributed by atoms with E-state index in [1.165, 1.54) is 21.7 Å². The molecule has 1 aliphatic rings. The molecule has 1 aliphatic heterocycles. The standard InChI is InChI=1S/C24H26FN5O2S2/c1-24(2,3)23-28-20(21(33-23)15-9-11-26-22-16(15)10-12-27-22)17-7-6-8-18(19(17)25)29-34(31,32)30-13-4-5-14-30/h6-12,29H,4-5,13-14H2,1-3H3,(H,26,27). The number of nitrogens with zero attached hydrogens (tertiary/aromatic N) is 3. The molecule has 0 unspecified atom stereocenters. The van der Waals surface area contributed by atoms with Crippen molar-refractivity contribution in [3.05, 3.63) is 53.6 Å². The molecule has 2 N–H and O–H groups in total. The molecule has 1 saturated heterocycles. The molecule has 1 aromatic carbocycles. The number of anilines is 1. The summed E-state index contributed by atoms with van der Waals surface area (Å²) in [5.74, 6) is -0.642. The van der Waals surface area contributed by atoms with E-state index in [1.54, 1.807) is 18.3 Å². The maximum atomic E-state index is 15.8. The summed E-state index contributed by atoms with van der Waals surface area (Å²) in [6, 6.07) is 8.58. The molecule has 4 aromatic rings. The Bertz CT molecular complexity index is 1460. The first-order chi connectivity index (χ1) is 16.1. The molecular weight excluding hydrogens is 473 g/mol. The molecular formula is C24H26FN5O2S2. The number of halogens is 1. The summed E-state index contributed by atoms with van der Waals surface area (Å²) in [6.45, 7) is 7.07. The molecule has 1 fully saturated rings. The van der Waals surface area contributed by atoms with E-state index >= 15 is 4.39 Å². The van der Waals surface area contributed by atoms with Gasteiger partial charge in [0.15, 0.2) is 5.82 Å². The zero-order chi connectivity index (χ0) is 24.1. The summed E-state index contributed by atoms with van der Waals surface area (Å²) in [7, 11) is -3.82. The summed E-state index contributed by atoms with van der Waals surface area (Å²) < 4.78 is 45.2. The molecule has 0 radical (unpaired) electrons. The second-order valence-corrected chi connectivity index (χ2v) is 12.1. The molecule has 0 spiro atoms. The van der Waals surface area contributed by atoms with Gasteiger partial charge in [0.05, 0.1) is 21.3 Å². The summed E-state index contributed by atoms with van der Waals surface area (Å²) >= 11 is 1.51. The van der Waals surface area contributed by atoms with Gasteiger partial charge in [0.25, 0.3) is 0 Å². The van der Waals surface area contributed by atoms with Crippen molar-refractivity contribution >= 4 is 38.3 Å². The fraction of sp³-hybridized carbons (Fsp3) is 0.333. The van der Waals surface area contributed by atoms with Crippen LogP contribution in [0, 0.1) is 5.82 Å². The average Bonchev–Trinajstić information content (AvgIpc) is 3.54. The number of aromatic nitrogens is 3. The van der Waals surface area contributed by atoms with Gasteiger partial charge >= 0.3 is 10.2 Å². The second kappa shape index (κ2) is 8.44. The van der Waals surface area contributed by atoms with Crippen LogP contribution in [-0.4, -0.2) is 40.8 Å². The first-order valence-corrected chi connectivity index (χ1v) is 13.4. The Morgan fingerprint density at radius 1 is 1.12 bits per heavy atom. The summed E-state index contributed by atoms with van der Waals surface area (Å²) in [6.07, 6.45) is 5.15. The number of nitrogens with one attached hydrogen (secondary N) is 2. The van der Waals surface area contributed by atoms with E-state index < -0.39 is 16.0 Å². The van der Waals surface area contributed by atoms with Crippen LogP contribution in [0.25, 0.3) is 32.7 Å². The van der Waals surface area contributed by atoms with Gasteiger partial charge in [-0.2, -0.15) is 12.7 Å². The largest absolute Gasteiger partial charge is 0.346 e. The van der Waals surface area contributed by atoms with Crippen LogP contribution < -0.4 is 4.72 Å². The van der Waals surface area contributed by atoms with Crippen LogP contribution in [0.2, 0.25) is 0 Å². The van der Waals surface area contributed by atoms with Crippen LogP contribution in [0.3, 0.4) is 0 Å². The van der Waals surface area contributed by atoms with Crippen molar-refractivity contribution in [3.8, 4) is 21.7 Å². The topological polar surface area (TPSA) is 91.0 Å². The molecule has 0 amide bonds. The predicted octanol–water partition coefficient (Wildman–Crippen LogP) is 5.54. The maximum absolute atomic E-state index is 15.8. The lowest BCUT2D eigenvalue weighted by molar-refractivity contribution is 0.482. The number of benzene rings is 1. The number of pyridine rings is 1. The molecule has 10 heteroatoms. The Morgan fingerprint density at radius 3 is 2.62 bits per heavy atom. The van der Waals surface area contributed by atoms with Crippen molar-refractivity contribution in [1.82, 2.24) is 19.3 Å². The quantitative estimate of drug-likeness (QED) is 0.377. The van der Waals surface area contributed by atoms with Gasteiger partial charge in [0.1, 0.15) is 5.65 Å². The lowest BCUT2D eigenvalue weighted by Crippen LogP contribution is -2.33. The highest BCUT2D eigenvalue weighted by Crippen LogP contribution is 2.44. The maximum Gasteiger partial charge on any atom is 0.301 e. The van der Waals surface area contributed by atoms with Gasteiger partial charge in [-0.25, -0.2) is 14.4 Å². The van der Waals surface area contributed by atoms with E-state index in [0.717, 1.165) is 39.3 Å². The van der Waals surface area contributed by atoms with Crippen molar-refractivity contribution in [2.24, 2.45) is 0 Å². The predicted molar refractivity (Wildman–Crippen MR) is 135 cm³/mol. The van der Waals surface area contributed by atoms with E-state index in [1.807, 2.05) is 18.3 Å². The molecule has 4 heterocycles. The molecule has 0 aliphatic carbocycles. The molecule has 178 valence electrons. The number of hydrogen-bond acceptors (Lipinski definition) is 5. The van der Waals surface area contributed by atoms with E-state index in [-0.39, 0.29) is 16.7 Å². The van der Waals surface area contributed by atoms with Crippen LogP contribution in [-0.2, 0) is 15.6 Å². The zero-order valence-electron chi connectivity index (χ0n) is 19.2. The summed E-state index contributed by atoms with van der Waals surface area (Å²) in [5, 5.41) is 1.78. The number of H-pyrrole nitrogens is 1. The second-order valence-electron chi connectivity index (χ2n) is 9.43. The Morgan fingerprint density at radius 2 is 1.88 bits per heavy atom. The molecule has 3 aromatic heterocycles. The van der Waals surface area contributed by atoms with E-state index in [4.69, 9.17) is 4.98 Å². The minimum Gasteiger partial charge on any atom is -0.346 e. The third-order valence-corrected chi connectivity index (χ3v) is 8.91. The third kappa shape index (κ3) is 4.10. The first kappa shape index (κ1) is 22.9. The highest BCUT2D eigenvalue weighted by molar-refractivity contribution is 7.90. The van der Waals surface area contributed by atoms with Crippen LogP contribution in [0.15, 0.2) is 42.7 Å².